The Morgan fingerprint density at radius 2 is 1.96 bits per heavy atom. The summed E-state index contributed by atoms with van der Waals surface area (Å²) in [4.78, 5) is 0. The highest BCUT2D eigenvalue weighted by Gasteiger charge is 2.16. The summed E-state index contributed by atoms with van der Waals surface area (Å²) in [6.45, 7) is -0.0389. The summed E-state index contributed by atoms with van der Waals surface area (Å²) < 4.78 is 33.3. The van der Waals surface area contributed by atoms with Crippen molar-refractivity contribution in [2.24, 2.45) is 7.05 Å². The standard InChI is InChI=1S/C16H22N2O4S/c1-18-10-3-4-15(18)16(19)12-17-23(20,21)11-9-13-5-7-14(22-2)8-6-13/h3-8,10,16-17,19H,9,11-12H2,1-2H3/t16-/m1/s1. The van der Waals surface area contributed by atoms with Gasteiger partial charge in [-0.1, -0.05) is 12.1 Å². The van der Waals surface area contributed by atoms with E-state index in [9.17, 15) is 13.5 Å². The van der Waals surface area contributed by atoms with Crippen LogP contribution in [-0.4, -0.2) is 37.5 Å². The predicted octanol–water partition coefficient (Wildman–Crippen LogP) is 1.23. The molecule has 0 aliphatic carbocycles. The lowest BCUT2D eigenvalue weighted by Crippen LogP contribution is -2.31. The molecule has 0 saturated carbocycles. The van der Waals surface area contributed by atoms with Gasteiger partial charge in [-0.3, -0.25) is 0 Å². The Hall–Kier alpha value is -1.83. The molecule has 2 N–H and O–H groups in total. The lowest BCUT2D eigenvalue weighted by atomic mass is 10.2. The monoisotopic (exact) mass is 338 g/mol. The first-order chi connectivity index (χ1) is 10.9. The number of sulfonamides is 1. The third-order valence-corrected chi connectivity index (χ3v) is 4.99. The number of rotatable bonds is 8. The van der Waals surface area contributed by atoms with Crippen molar-refractivity contribution in [1.29, 1.82) is 0 Å². The molecule has 1 aromatic heterocycles. The maximum Gasteiger partial charge on any atom is 0.212 e. The van der Waals surface area contributed by atoms with Crippen LogP contribution in [0, 0.1) is 0 Å². The second-order valence-electron chi connectivity index (χ2n) is 5.33. The Labute approximate surface area is 136 Å². The van der Waals surface area contributed by atoms with Crippen LogP contribution in [0.1, 0.15) is 17.4 Å². The fourth-order valence-electron chi connectivity index (χ4n) is 2.25. The molecule has 0 spiro atoms. The van der Waals surface area contributed by atoms with Crippen LogP contribution >= 0.6 is 0 Å². The lowest BCUT2D eigenvalue weighted by molar-refractivity contribution is 0.173. The number of ether oxygens (including phenoxy) is 1. The van der Waals surface area contributed by atoms with Gasteiger partial charge in [-0.2, -0.15) is 0 Å². The molecule has 1 aromatic carbocycles. The van der Waals surface area contributed by atoms with Crippen LogP contribution in [0.25, 0.3) is 0 Å². The van der Waals surface area contributed by atoms with Crippen molar-refractivity contribution in [1.82, 2.24) is 9.29 Å². The molecule has 0 fully saturated rings. The number of hydrogen-bond donors (Lipinski definition) is 2. The summed E-state index contributed by atoms with van der Waals surface area (Å²) in [5.41, 5.74) is 1.59. The van der Waals surface area contributed by atoms with E-state index in [4.69, 9.17) is 4.74 Å². The fraction of sp³-hybridized carbons (Fsp3) is 0.375. The van der Waals surface area contributed by atoms with Crippen molar-refractivity contribution in [2.45, 2.75) is 12.5 Å². The minimum atomic E-state index is -3.44. The SMILES string of the molecule is COc1ccc(CCS(=O)(=O)NC[C@@H](O)c2cccn2C)cc1. The maximum atomic E-state index is 12.0. The van der Waals surface area contributed by atoms with E-state index in [1.807, 2.05) is 12.1 Å². The summed E-state index contributed by atoms with van der Waals surface area (Å²) in [6.07, 6.45) is 1.34. The number of methoxy groups -OCH3 is 1. The molecular formula is C16H22N2O4S. The number of benzene rings is 1. The quantitative estimate of drug-likeness (QED) is 0.759. The van der Waals surface area contributed by atoms with Crippen molar-refractivity contribution >= 4 is 10.0 Å². The maximum absolute atomic E-state index is 12.0. The van der Waals surface area contributed by atoms with Gasteiger partial charge < -0.3 is 14.4 Å². The second-order valence-corrected chi connectivity index (χ2v) is 7.25. The topological polar surface area (TPSA) is 80.6 Å². The van der Waals surface area contributed by atoms with Gasteiger partial charge in [0.1, 0.15) is 11.9 Å². The Balaban J connectivity index is 1.85. The average molecular weight is 338 g/mol. The first kappa shape index (κ1) is 17.5. The molecule has 0 amide bonds. The molecular weight excluding hydrogens is 316 g/mol. The minimum absolute atomic E-state index is 0.0286. The van der Waals surface area contributed by atoms with Gasteiger partial charge >= 0.3 is 0 Å². The zero-order chi connectivity index (χ0) is 16.9. The summed E-state index contributed by atoms with van der Waals surface area (Å²) in [5.74, 6) is 0.708. The van der Waals surface area contributed by atoms with Crippen LogP contribution in [-0.2, 0) is 23.5 Å². The number of aliphatic hydroxyl groups excluding tert-OH is 1. The number of aliphatic hydroxyl groups is 1. The van der Waals surface area contributed by atoms with Crippen molar-refractivity contribution < 1.29 is 18.3 Å². The number of aromatic nitrogens is 1. The molecule has 0 unspecified atom stereocenters. The first-order valence-corrected chi connectivity index (χ1v) is 8.96. The van der Waals surface area contributed by atoms with Gasteiger partial charge in [-0.15, -0.1) is 0 Å². The highest BCUT2D eigenvalue weighted by molar-refractivity contribution is 7.89. The fourth-order valence-corrected chi connectivity index (χ4v) is 3.31. The Bertz CT molecular complexity index is 723. The largest absolute Gasteiger partial charge is 0.497 e. The summed E-state index contributed by atoms with van der Waals surface area (Å²) in [5, 5.41) is 10.0. The number of aryl methyl sites for hydroxylation is 2. The number of nitrogens with zero attached hydrogens (tertiary/aromatic N) is 1. The predicted molar refractivity (Wildman–Crippen MR) is 88.9 cm³/mol. The van der Waals surface area contributed by atoms with E-state index in [0.717, 1.165) is 11.3 Å². The third kappa shape index (κ3) is 5.09. The molecule has 126 valence electrons. The number of hydrogen-bond acceptors (Lipinski definition) is 4. The van der Waals surface area contributed by atoms with E-state index in [0.29, 0.717) is 12.1 Å². The summed E-state index contributed by atoms with van der Waals surface area (Å²) >= 11 is 0. The summed E-state index contributed by atoms with van der Waals surface area (Å²) in [6, 6.07) is 10.8. The summed E-state index contributed by atoms with van der Waals surface area (Å²) in [7, 11) is -0.0579. The molecule has 1 atom stereocenters. The Morgan fingerprint density at radius 1 is 1.26 bits per heavy atom. The second kappa shape index (κ2) is 7.63. The molecule has 0 radical (unpaired) electrons. The average Bonchev–Trinajstić information content (AvgIpc) is 2.97. The van der Waals surface area contributed by atoms with Gasteiger partial charge in [0, 0.05) is 25.5 Å². The van der Waals surface area contributed by atoms with E-state index < -0.39 is 16.1 Å². The van der Waals surface area contributed by atoms with Gasteiger partial charge in [0.15, 0.2) is 0 Å². The van der Waals surface area contributed by atoms with Crippen LogP contribution < -0.4 is 9.46 Å². The van der Waals surface area contributed by atoms with Crippen molar-refractivity contribution in [3.05, 3.63) is 53.9 Å². The van der Waals surface area contributed by atoms with Gasteiger partial charge in [0.2, 0.25) is 10.0 Å². The molecule has 2 aromatic rings. The highest BCUT2D eigenvalue weighted by Crippen LogP contribution is 2.13. The van der Waals surface area contributed by atoms with Gasteiger partial charge in [0.25, 0.3) is 0 Å². The van der Waals surface area contributed by atoms with E-state index in [2.05, 4.69) is 4.72 Å². The van der Waals surface area contributed by atoms with Crippen LogP contribution in [0.3, 0.4) is 0 Å². The molecule has 2 rings (SSSR count). The van der Waals surface area contributed by atoms with Crippen LogP contribution in [0.5, 0.6) is 5.75 Å². The number of nitrogens with one attached hydrogen (secondary N) is 1. The van der Waals surface area contributed by atoms with E-state index >= 15 is 0 Å². The molecule has 0 bridgehead atoms. The molecule has 23 heavy (non-hydrogen) atoms. The molecule has 1 heterocycles. The normalized spacial score (nSPS) is 13.0. The first-order valence-electron chi connectivity index (χ1n) is 7.31. The third-order valence-electron chi connectivity index (χ3n) is 3.64. The smallest absolute Gasteiger partial charge is 0.212 e. The zero-order valence-corrected chi connectivity index (χ0v) is 14.1. The van der Waals surface area contributed by atoms with E-state index in [1.165, 1.54) is 0 Å². The van der Waals surface area contributed by atoms with Crippen LogP contribution in [0.15, 0.2) is 42.6 Å². The Kier molecular flexibility index (Phi) is 5.81. The molecule has 0 saturated heterocycles. The van der Waals surface area contributed by atoms with E-state index in [1.54, 1.807) is 49.2 Å². The molecule has 0 aliphatic heterocycles. The highest BCUT2D eigenvalue weighted by atomic mass is 32.2. The van der Waals surface area contributed by atoms with Crippen LogP contribution in [0.2, 0.25) is 0 Å². The van der Waals surface area contributed by atoms with Gasteiger partial charge in [0.05, 0.1) is 12.9 Å². The molecule has 7 heteroatoms. The molecule has 6 nitrogen and oxygen atoms in total. The van der Waals surface area contributed by atoms with Gasteiger partial charge in [-0.05, 0) is 36.2 Å². The van der Waals surface area contributed by atoms with Crippen LogP contribution in [0.4, 0.5) is 0 Å². The van der Waals surface area contributed by atoms with E-state index in [-0.39, 0.29) is 12.3 Å². The Morgan fingerprint density at radius 3 is 2.52 bits per heavy atom. The minimum Gasteiger partial charge on any atom is -0.497 e. The van der Waals surface area contributed by atoms with Gasteiger partial charge in [-0.25, -0.2) is 13.1 Å². The van der Waals surface area contributed by atoms with Crippen molar-refractivity contribution in [3.63, 3.8) is 0 Å². The van der Waals surface area contributed by atoms with Crippen molar-refractivity contribution in [2.75, 3.05) is 19.4 Å². The lowest BCUT2D eigenvalue weighted by Gasteiger charge is -2.13. The van der Waals surface area contributed by atoms with Crippen molar-refractivity contribution in [3.8, 4) is 5.75 Å². The zero-order valence-electron chi connectivity index (χ0n) is 13.3. The molecule has 0 aliphatic rings.